The van der Waals surface area contributed by atoms with Crippen molar-refractivity contribution in [2.75, 3.05) is 18.2 Å². The van der Waals surface area contributed by atoms with Gasteiger partial charge in [-0.25, -0.2) is 0 Å². The van der Waals surface area contributed by atoms with Crippen LogP contribution >= 0.6 is 27.7 Å². The number of aromatic nitrogens is 3. The first-order valence-electron chi connectivity index (χ1n) is 9.90. The molecule has 8 heteroatoms. The summed E-state index contributed by atoms with van der Waals surface area (Å²) in [4.78, 5) is 12.6. The van der Waals surface area contributed by atoms with Gasteiger partial charge in [0.05, 0.1) is 18.4 Å². The fourth-order valence-electron chi connectivity index (χ4n) is 3.26. The van der Waals surface area contributed by atoms with Crippen LogP contribution in [0.1, 0.15) is 5.56 Å². The van der Waals surface area contributed by atoms with E-state index in [4.69, 9.17) is 4.74 Å². The zero-order valence-corrected chi connectivity index (χ0v) is 20.0. The third-order valence-electron chi connectivity index (χ3n) is 4.79. The number of anilines is 1. The van der Waals surface area contributed by atoms with E-state index < -0.39 is 0 Å². The van der Waals surface area contributed by atoms with Gasteiger partial charge in [-0.05, 0) is 55.0 Å². The molecule has 1 N–H and O–H groups in total. The maximum atomic E-state index is 12.6. The van der Waals surface area contributed by atoms with Crippen LogP contribution in [0.2, 0.25) is 0 Å². The smallest absolute Gasteiger partial charge is 0.234 e. The lowest BCUT2D eigenvalue weighted by Crippen LogP contribution is -2.15. The van der Waals surface area contributed by atoms with Crippen molar-refractivity contribution in [3.05, 3.63) is 82.8 Å². The summed E-state index contributed by atoms with van der Waals surface area (Å²) in [5, 5.41) is 12.4. The number of thioether (sulfide) groups is 1. The molecule has 0 bridgehead atoms. The Kier molecular flexibility index (Phi) is 6.92. The van der Waals surface area contributed by atoms with Crippen molar-refractivity contribution in [2.24, 2.45) is 0 Å². The van der Waals surface area contributed by atoms with E-state index in [-0.39, 0.29) is 11.7 Å². The molecule has 0 fully saturated rings. The molecule has 0 saturated carbocycles. The molecule has 0 aliphatic carbocycles. The summed E-state index contributed by atoms with van der Waals surface area (Å²) in [6, 6.07) is 23.3. The Bertz CT molecular complexity index is 1240. The molecule has 0 aliphatic rings. The van der Waals surface area contributed by atoms with Crippen LogP contribution in [0, 0.1) is 6.92 Å². The molecule has 1 heterocycles. The summed E-state index contributed by atoms with van der Waals surface area (Å²) in [6.07, 6.45) is 0. The van der Waals surface area contributed by atoms with Crippen LogP contribution in [0.4, 0.5) is 5.69 Å². The topological polar surface area (TPSA) is 69.0 Å². The summed E-state index contributed by atoms with van der Waals surface area (Å²) in [6.45, 7) is 1.96. The van der Waals surface area contributed by atoms with Crippen molar-refractivity contribution in [2.45, 2.75) is 12.1 Å². The van der Waals surface area contributed by atoms with Crippen LogP contribution in [-0.2, 0) is 4.79 Å². The Labute approximate surface area is 199 Å². The van der Waals surface area contributed by atoms with Gasteiger partial charge in [-0.3, -0.25) is 9.36 Å². The molecule has 1 aromatic heterocycles. The lowest BCUT2D eigenvalue weighted by molar-refractivity contribution is -0.113. The van der Waals surface area contributed by atoms with Crippen LogP contribution in [0.25, 0.3) is 17.1 Å². The highest BCUT2D eigenvalue weighted by molar-refractivity contribution is 9.10. The molecule has 3 aromatic carbocycles. The summed E-state index contributed by atoms with van der Waals surface area (Å²) in [7, 11) is 1.63. The van der Waals surface area contributed by atoms with Crippen molar-refractivity contribution in [1.82, 2.24) is 14.8 Å². The average molecular weight is 509 g/mol. The normalized spacial score (nSPS) is 10.7. The molecule has 162 valence electrons. The Morgan fingerprint density at radius 1 is 1.06 bits per heavy atom. The summed E-state index contributed by atoms with van der Waals surface area (Å²) >= 11 is 4.78. The van der Waals surface area contributed by atoms with Crippen LogP contribution in [0.3, 0.4) is 0 Å². The minimum atomic E-state index is -0.109. The predicted octanol–water partition coefficient (Wildman–Crippen LogP) is 5.74. The first-order chi connectivity index (χ1) is 15.6. The summed E-state index contributed by atoms with van der Waals surface area (Å²) < 4.78 is 8.45. The number of amides is 1. The number of hydrogen-bond acceptors (Lipinski definition) is 5. The second kappa shape index (κ2) is 10.0. The van der Waals surface area contributed by atoms with Crippen molar-refractivity contribution >= 4 is 39.3 Å². The van der Waals surface area contributed by atoms with E-state index in [1.54, 1.807) is 7.11 Å². The molecule has 0 spiro atoms. The van der Waals surface area contributed by atoms with Gasteiger partial charge in [-0.2, -0.15) is 0 Å². The highest BCUT2D eigenvalue weighted by Crippen LogP contribution is 2.33. The van der Waals surface area contributed by atoms with Crippen molar-refractivity contribution < 1.29 is 9.53 Å². The molecular formula is C24H21BrN4O2S. The quantitative estimate of drug-likeness (QED) is 0.322. The van der Waals surface area contributed by atoms with E-state index in [0.29, 0.717) is 16.7 Å². The molecule has 32 heavy (non-hydrogen) atoms. The number of para-hydroxylation sites is 2. The minimum Gasteiger partial charge on any atom is -0.496 e. The minimum absolute atomic E-state index is 0.109. The third kappa shape index (κ3) is 4.87. The highest BCUT2D eigenvalue weighted by Gasteiger charge is 2.19. The molecule has 0 saturated heterocycles. The van der Waals surface area contributed by atoms with Crippen molar-refractivity contribution in [3.8, 4) is 22.8 Å². The molecule has 4 rings (SSSR count). The standard InChI is InChI=1S/C24H21BrN4O2S/c1-16-14-17(25)12-13-20(16)26-22(30)15-32-24-28-27-23(19-10-6-7-11-21(19)31-2)29(24)18-8-4-3-5-9-18/h3-14H,15H2,1-2H3,(H,26,30). The second-order valence-corrected chi connectivity index (χ2v) is 8.83. The number of halogens is 1. The van der Waals surface area contributed by atoms with Crippen LogP contribution in [0.15, 0.2) is 82.4 Å². The number of hydrogen-bond donors (Lipinski definition) is 1. The van der Waals surface area contributed by atoms with Crippen LogP contribution in [0.5, 0.6) is 5.75 Å². The maximum Gasteiger partial charge on any atom is 0.234 e. The number of aryl methyl sites for hydroxylation is 1. The molecule has 0 unspecified atom stereocenters. The van der Waals surface area contributed by atoms with Gasteiger partial charge in [0, 0.05) is 15.8 Å². The molecule has 0 atom stereocenters. The fraction of sp³-hybridized carbons (Fsp3) is 0.125. The zero-order chi connectivity index (χ0) is 22.5. The monoisotopic (exact) mass is 508 g/mol. The first-order valence-corrected chi connectivity index (χ1v) is 11.7. The Morgan fingerprint density at radius 3 is 2.56 bits per heavy atom. The number of rotatable bonds is 7. The zero-order valence-electron chi connectivity index (χ0n) is 17.6. The lowest BCUT2D eigenvalue weighted by atomic mass is 10.2. The van der Waals surface area contributed by atoms with Crippen LogP contribution < -0.4 is 10.1 Å². The number of ether oxygens (including phenoxy) is 1. The lowest BCUT2D eigenvalue weighted by Gasteiger charge is -2.12. The van der Waals surface area contributed by atoms with E-state index >= 15 is 0 Å². The van der Waals surface area contributed by atoms with E-state index in [9.17, 15) is 4.79 Å². The Hall–Kier alpha value is -3.10. The predicted molar refractivity (Wildman–Crippen MR) is 132 cm³/mol. The molecular weight excluding hydrogens is 488 g/mol. The van der Waals surface area contributed by atoms with Gasteiger partial charge in [0.1, 0.15) is 5.75 Å². The van der Waals surface area contributed by atoms with Gasteiger partial charge < -0.3 is 10.1 Å². The molecule has 0 aliphatic heterocycles. The Balaban J connectivity index is 1.61. The Morgan fingerprint density at radius 2 is 1.81 bits per heavy atom. The fourth-order valence-corrected chi connectivity index (χ4v) is 4.49. The SMILES string of the molecule is COc1ccccc1-c1nnc(SCC(=O)Nc2ccc(Br)cc2C)n1-c1ccccc1. The van der Waals surface area contributed by atoms with Gasteiger partial charge in [0.2, 0.25) is 5.91 Å². The third-order valence-corrected chi connectivity index (χ3v) is 6.21. The van der Waals surface area contributed by atoms with Crippen molar-refractivity contribution in [1.29, 1.82) is 0 Å². The highest BCUT2D eigenvalue weighted by atomic mass is 79.9. The van der Waals surface area contributed by atoms with E-state index in [2.05, 4.69) is 31.4 Å². The van der Waals surface area contributed by atoms with Crippen LogP contribution in [-0.4, -0.2) is 33.5 Å². The molecule has 4 aromatic rings. The van der Waals surface area contributed by atoms with Gasteiger partial charge in [-0.15, -0.1) is 10.2 Å². The average Bonchev–Trinajstić information content (AvgIpc) is 3.24. The molecule has 1 amide bonds. The number of nitrogens with zero attached hydrogens (tertiary/aromatic N) is 3. The molecule has 6 nitrogen and oxygen atoms in total. The largest absolute Gasteiger partial charge is 0.496 e. The van der Waals surface area contributed by atoms with Crippen molar-refractivity contribution in [3.63, 3.8) is 0 Å². The van der Waals surface area contributed by atoms with Gasteiger partial charge in [0.15, 0.2) is 11.0 Å². The van der Waals surface area contributed by atoms with Gasteiger partial charge >= 0.3 is 0 Å². The van der Waals surface area contributed by atoms with Gasteiger partial charge in [0.25, 0.3) is 0 Å². The number of carbonyl (C=O) groups excluding carboxylic acids is 1. The van der Waals surface area contributed by atoms with E-state index in [1.165, 1.54) is 11.8 Å². The number of methoxy groups -OCH3 is 1. The maximum absolute atomic E-state index is 12.6. The summed E-state index contributed by atoms with van der Waals surface area (Å²) in [5.74, 6) is 1.45. The second-order valence-electron chi connectivity index (χ2n) is 6.97. The number of benzene rings is 3. The first kappa shape index (κ1) is 22.1. The summed E-state index contributed by atoms with van der Waals surface area (Å²) in [5.41, 5.74) is 3.51. The van der Waals surface area contributed by atoms with Gasteiger partial charge in [-0.1, -0.05) is 58.0 Å². The molecule has 0 radical (unpaired) electrons. The van der Waals surface area contributed by atoms with E-state index in [1.807, 2.05) is 84.3 Å². The van der Waals surface area contributed by atoms with E-state index in [0.717, 1.165) is 27.0 Å². The number of carbonyl (C=O) groups is 1. The number of nitrogens with one attached hydrogen (secondary N) is 1.